The lowest BCUT2D eigenvalue weighted by atomic mass is 9.76. The lowest BCUT2D eigenvalue weighted by Gasteiger charge is -2.30. The molecule has 0 radical (unpaired) electrons. The standard InChI is InChI=1S/C32H51FO/c1-3-5-7-8-9-26-10-12-27(13-11-26)14-15-28-16-18-29(19-17-28)20-21-30-22-23-32(31(33)25-30)34-24-6-4-2/h18,22-23,25-28H,3-17,19-21,24H2,1-2H3. The van der Waals surface area contributed by atoms with E-state index in [1.54, 1.807) is 11.6 Å². The number of hydrogen-bond acceptors (Lipinski definition) is 1. The van der Waals surface area contributed by atoms with E-state index in [0.29, 0.717) is 12.4 Å². The molecular formula is C32H51FO. The summed E-state index contributed by atoms with van der Waals surface area (Å²) in [4.78, 5) is 0. The van der Waals surface area contributed by atoms with Crippen LogP contribution in [0.5, 0.6) is 5.75 Å². The van der Waals surface area contributed by atoms with E-state index in [0.717, 1.165) is 49.0 Å². The van der Waals surface area contributed by atoms with Gasteiger partial charge in [0.2, 0.25) is 0 Å². The quantitative estimate of drug-likeness (QED) is 0.183. The molecule has 1 atom stereocenters. The first-order valence-electron chi connectivity index (χ1n) is 14.8. The molecule has 1 unspecified atom stereocenters. The van der Waals surface area contributed by atoms with Crippen LogP contribution in [0.15, 0.2) is 29.8 Å². The van der Waals surface area contributed by atoms with Crippen LogP contribution >= 0.6 is 0 Å². The monoisotopic (exact) mass is 470 g/mol. The van der Waals surface area contributed by atoms with E-state index in [1.807, 2.05) is 12.1 Å². The van der Waals surface area contributed by atoms with Gasteiger partial charge in [0.25, 0.3) is 0 Å². The molecule has 0 saturated heterocycles. The third kappa shape index (κ3) is 9.74. The summed E-state index contributed by atoms with van der Waals surface area (Å²) in [6, 6.07) is 5.52. The number of aryl methyl sites for hydroxylation is 1. The molecule has 1 aromatic carbocycles. The minimum absolute atomic E-state index is 0.211. The highest BCUT2D eigenvalue weighted by Gasteiger charge is 2.22. The Balaban J connectivity index is 1.29. The zero-order valence-corrected chi connectivity index (χ0v) is 22.3. The van der Waals surface area contributed by atoms with Gasteiger partial charge in [0.1, 0.15) is 0 Å². The van der Waals surface area contributed by atoms with Crippen molar-refractivity contribution >= 4 is 0 Å². The zero-order chi connectivity index (χ0) is 24.0. The van der Waals surface area contributed by atoms with Crippen LogP contribution in [0.25, 0.3) is 0 Å². The fourth-order valence-corrected chi connectivity index (χ4v) is 6.02. The molecular weight excluding hydrogens is 419 g/mol. The van der Waals surface area contributed by atoms with Crippen LogP contribution in [0.4, 0.5) is 4.39 Å². The van der Waals surface area contributed by atoms with Crippen molar-refractivity contribution in [3.8, 4) is 5.75 Å². The first-order valence-corrected chi connectivity index (χ1v) is 14.8. The van der Waals surface area contributed by atoms with Crippen LogP contribution in [0.2, 0.25) is 0 Å². The van der Waals surface area contributed by atoms with Crippen molar-refractivity contribution in [1.82, 2.24) is 0 Å². The molecule has 0 N–H and O–H groups in total. The number of allylic oxidation sites excluding steroid dienone is 2. The molecule has 3 rings (SSSR count). The molecule has 0 spiro atoms. The van der Waals surface area contributed by atoms with E-state index < -0.39 is 0 Å². The van der Waals surface area contributed by atoms with Gasteiger partial charge in [-0.3, -0.25) is 0 Å². The van der Waals surface area contributed by atoms with Crippen LogP contribution in [-0.4, -0.2) is 6.61 Å². The first kappa shape index (κ1) is 27.3. The molecule has 1 saturated carbocycles. The molecule has 0 aromatic heterocycles. The smallest absolute Gasteiger partial charge is 0.165 e. The highest BCUT2D eigenvalue weighted by Crippen LogP contribution is 2.37. The van der Waals surface area contributed by atoms with Gasteiger partial charge in [0.15, 0.2) is 11.6 Å². The van der Waals surface area contributed by atoms with Crippen molar-refractivity contribution in [2.75, 3.05) is 6.61 Å². The maximum Gasteiger partial charge on any atom is 0.165 e. The minimum Gasteiger partial charge on any atom is -0.491 e. The molecule has 0 aliphatic heterocycles. The highest BCUT2D eigenvalue weighted by atomic mass is 19.1. The molecule has 34 heavy (non-hydrogen) atoms. The summed E-state index contributed by atoms with van der Waals surface area (Å²) >= 11 is 0. The topological polar surface area (TPSA) is 9.23 Å². The molecule has 2 heteroatoms. The highest BCUT2D eigenvalue weighted by molar-refractivity contribution is 5.30. The minimum atomic E-state index is -0.211. The normalized spacial score (nSPS) is 23.0. The number of halogens is 1. The second kappa shape index (κ2) is 15.6. The lowest BCUT2D eigenvalue weighted by molar-refractivity contribution is 0.234. The van der Waals surface area contributed by atoms with Crippen molar-refractivity contribution in [3.63, 3.8) is 0 Å². The maximum atomic E-state index is 14.3. The molecule has 1 fully saturated rings. The predicted molar refractivity (Wildman–Crippen MR) is 144 cm³/mol. The van der Waals surface area contributed by atoms with Gasteiger partial charge in [0.05, 0.1) is 6.61 Å². The van der Waals surface area contributed by atoms with Gasteiger partial charge in [-0.1, -0.05) is 102 Å². The maximum absolute atomic E-state index is 14.3. The zero-order valence-electron chi connectivity index (χ0n) is 22.3. The van der Waals surface area contributed by atoms with Crippen molar-refractivity contribution in [1.29, 1.82) is 0 Å². The lowest BCUT2D eigenvalue weighted by Crippen LogP contribution is -2.16. The van der Waals surface area contributed by atoms with Crippen molar-refractivity contribution in [2.24, 2.45) is 17.8 Å². The summed E-state index contributed by atoms with van der Waals surface area (Å²) in [6.45, 7) is 5.02. The van der Waals surface area contributed by atoms with Crippen molar-refractivity contribution < 1.29 is 9.13 Å². The van der Waals surface area contributed by atoms with Crippen LogP contribution in [0, 0.1) is 23.6 Å². The van der Waals surface area contributed by atoms with E-state index in [1.165, 1.54) is 89.9 Å². The Morgan fingerprint density at radius 1 is 0.794 bits per heavy atom. The second-order valence-corrected chi connectivity index (χ2v) is 11.3. The number of benzene rings is 1. The molecule has 0 amide bonds. The van der Waals surface area contributed by atoms with Gasteiger partial charge < -0.3 is 4.74 Å². The third-order valence-corrected chi connectivity index (χ3v) is 8.52. The third-order valence-electron chi connectivity index (χ3n) is 8.52. The van der Waals surface area contributed by atoms with Gasteiger partial charge in [-0.2, -0.15) is 0 Å². The van der Waals surface area contributed by atoms with Crippen LogP contribution in [0.1, 0.15) is 129 Å². The Labute approximate surface area is 209 Å². The van der Waals surface area contributed by atoms with E-state index in [-0.39, 0.29) is 5.82 Å². The van der Waals surface area contributed by atoms with E-state index in [2.05, 4.69) is 19.9 Å². The Hall–Kier alpha value is -1.31. The van der Waals surface area contributed by atoms with E-state index >= 15 is 0 Å². The fourth-order valence-electron chi connectivity index (χ4n) is 6.02. The molecule has 0 heterocycles. The molecule has 1 nitrogen and oxygen atoms in total. The fraction of sp³-hybridized carbons (Fsp3) is 0.750. The summed E-state index contributed by atoms with van der Waals surface area (Å²) in [5.41, 5.74) is 2.67. The Morgan fingerprint density at radius 3 is 2.21 bits per heavy atom. The predicted octanol–water partition coefficient (Wildman–Crippen LogP) is 10.2. The average molecular weight is 471 g/mol. The Bertz CT molecular complexity index is 716. The number of unbranched alkanes of at least 4 members (excludes halogenated alkanes) is 4. The van der Waals surface area contributed by atoms with Crippen LogP contribution < -0.4 is 4.74 Å². The van der Waals surface area contributed by atoms with Crippen molar-refractivity contribution in [2.45, 2.75) is 129 Å². The van der Waals surface area contributed by atoms with Crippen molar-refractivity contribution in [3.05, 3.63) is 41.2 Å². The summed E-state index contributed by atoms with van der Waals surface area (Å²) in [5, 5.41) is 0. The molecule has 192 valence electrons. The van der Waals surface area contributed by atoms with Gasteiger partial charge in [-0.25, -0.2) is 4.39 Å². The van der Waals surface area contributed by atoms with Crippen LogP contribution in [0.3, 0.4) is 0 Å². The summed E-state index contributed by atoms with van der Waals surface area (Å²) < 4.78 is 19.8. The Morgan fingerprint density at radius 2 is 1.53 bits per heavy atom. The van der Waals surface area contributed by atoms with Gasteiger partial charge in [0, 0.05) is 0 Å². The molecule has 0 bridgehead atoms. The second-order valence-electron chi connectivity index (χ2n) is 11.3. The summed E-state index contributed by atoms with van der Waals surface area (Å²) in [7, 11) is 0. The van der Waals surface area contributed by atoms with Gasteiger partial charge in [-0.05, 0) is 80.4 Å². The van der Waals surface area contributed by atoms with Gasteiger partial charge >= 0.3 is 0 Å². The molecule has 2 aliphatic carbocycles. The number of hydrogen-bond donors (Lipinski definition) is 0. The first-order chi connectivity index (χ1) is 16.7. The molecule has 1 aromatic rings. The SMILES string of the molecule is CCCCCCC1CCC(CCC2CC=C(CCc3ccc(OCCCC)c(F)c3)CC2)CC1. The summed E-state index contributed by atoms with van der Waals surface area (Å²) in [6.07, 6.45) is 26.5. The van der Waals surface area contributed by atoms with Crippen LogP contribution in [-0.2, 0) is 6.42 Å². The number of ether oxygens (including phenoxy) is 1. The summed E-state index contributed by atoms with van der Waals surface area (Å²) in [5.74, 6) is 3.12. The van der Waals surface area contributed by atoms with E-state index in [4.69, 9.17) is 4.74 Å². The Kier molecular flexibility index (Phi) is 12.5. The van der Waals surface area contributed by atoms with Gasteiger partial charge in [-0.15, -0.1) is 0 Å². The average Bonchev–Trinajstić information content (AvgIpc) is 2.87. The van der Waals surface area contributed by atoms with E-state index in [9.17, 15) is 4.39 Å². The number of rotatable bonds is 15. The molecule has 2 aliphatic rings. The largest absolute Gasteiger partial charge is 0.491 e.